The Morgan fingerprint density at radius 3 is 2.76 bits per heavy atom. The molecule has 0 bridgehead atoms. The zero-order valence-corrected chi connectivity index (χ0v) is 13.3. The molecule has 112 valence electrons. The second-order valence-corrected chi connectivity index (χ2v) is 6.27. The van der Waals surface area contributed by atoms with Crippen LogP contribution in [-0.4, -0.2) is 37.4 Å². The number of nitrogens with zero attached hydrogens (tertiary/aromatic N) is 1. The molecule has 0 aliphatic heterocycles. The number of hydrogen-bond donors (Lipinski definition) is 2. The number of nitrogens with one attached hydrogen (secondary N) is 1. The maximum atomic E-state index is 12.1. The minimum atomic E-state index is -0.267. The van der Waals surface area contributed by atoms with Gasteiger partial charge in [-0.3, -0.25) is 9.59 Å². The van der Waals surface area contributed by atoms with Crippen LogP contribution in [0, 0.1) is 0 Å². The number of amides is 2. The van der Waals surface area contributed by atoms with Crippen LogP contribution in [0.2, 0.25) is 5.02 Å². The molecule has 2 rings (SSSR count). The summed E-state index contributed by atoms with van der Waals surface area (Å²) in [5.74, 6) is -0.303. The average molecular weight is 326 g/mol. The Kier molecular flexibility index (Phi) is 4.69. The first-order valence-corrected chi connectivity index (χ1v) is 7.55. The lowest BCUT2D eigenvalue weighted by atomic mass is 10.2. The second kappa shape index (κ2) is 6.32. The molecule has 0 aliphatic carbocycles. The first-order valence-electron chi connectivity index (χ1n) is 6.36. The number of benzene rings is 1. The summed E-state index contributed by atoms with van der Waals surface area (Å²) in [6.07, 6.45) is 0.259. The number of nitrogens with two attached hydrogens (primary N) is 1. The number of hydrogen-bond acceptors (Lipinski definition) is 4. The monoisotopic (exact) mass is 325 g/mol. The molecule has 0 aliphatic rings. The van der Waals surface area contributed by atoms with Gasteiger partial charge in [-0.2, -0.15) is 0 Å². The zero-order valence-electron chi connectivity index (χ0n) is 11.8. The number of thiophene rings is 1. The fourth-order valence-corrected chi connectivity index (χ4v) is 3.16. The van der Waals surface area contributed by atoms with Crippen molar-refractivity contribution in [2.45, 2.75) is 6.42 Å². The van der Waals surface area contributed by atoms with Crippen LogP contribution in [-0.2, 0) is 4.79 Å². The summed E-state index contributed by atoms with van der Waals surface area (Å²) >= 11 is 7.23. The van der Waals surface area contributed by atoms with E-state index in [9.17, 15) is 9.59 Å². The van der Waals surface area contributed by atoms with Gasteiger partial charge in [0, 0.05) is 42.2 Å². The van der Waals surface area contributed by atoms with Crippen LogP contribution >= 0.6 is 22.9 Å². The van der Waals surface area contributed by atoms with Crippen molar-refractivity contribution >= 4 is 50.5 Å². The van der Waals surface area contributed by atoms with Gasteiger partial charge in [0.2, 0.25) is 5.91 Å². The maximum Gasteiger partial charge on any atom is 0.263 e. The Labute approximate surface area is 131 Å². The Morgan fingerprint density at radius 2 is 2.10 bits per heavy atom. The van der Waals surface area contributed by atoms with Crippen LogP contribution in [0.4, 0.5) is 5.69 Å². The highest BCUT2D eigenvalue weighted by Gasteiger charge is 2.16. The molecule has 2 aromatic rings. The normalized spacial score (nSPS) is 10.6. The molecule has 1 aromatic heterocycles. The van der Waals surface area contributed by atoms with E-state index in [-0.39, 0.29) is 24.8 Å². The third-order valence-corrected chi connectivity index (χ3v) is 4.42. The van der Waals surface area contributed by atoms with E-state index >= 15 is 0 Å². The van der Waals surface area contributed by atoms with Crippen molar-refractivity contribution in [3.05, 3.63) is 28.1 Å². The first kappa shape index (κ1) is 15.6. The van der Waals surface area contributed by atoms with Gasteiger partial charge < -0.3 is 16.0 Å². The number of nitrogen functional groups attached to an aromatic ring is 1. The smallest absolute Gasteiger partial charge is 0.263 e. The van der Waals surface area contributed by atoms with Crippen LogP contribution in [0.25, 0.3) is 10.1 Å². The average Bonchev–Trinajstić information content (AvgIpc) is 2.75. The van der Waals surface area contributed by atoms with Crippen molar-refractivity contribution in [2.24, 2.45) is 0 Å². The standard InChI is InChI=1S/C14H16ClN3O2S/c1-18(2)11(19)5-6-17-14(20)13-12(16)9-4-3-8(15)7-10(9)21-13/h3-4,7H,5-6,16H2,1-2H3,(H,17,20). The largest absolute Gasteiger partial charge is 0.397 e. The number of carbonyl (C=O) groups excluding carboxylic acids is 2. The molecular formula is C14H16ClN3O2S. The quantitative estimate of drug-likeness (QED) is 0.906. The van der Waals surface area contributed by atoms with E-state index in [0.717, 1.165) is 10.1 Å². The lowest BCUT2D eigenvalue weighted by Crippen LogP contribution is -2.30. The van der Waals surface area contributed by atoms with Crippen molar-refractivity contribution in [1.29, 1.82) is 0 Å². The third-order valence-electron chi connectivity index (χ3n) is 3.02. The molecule has 7 heteroatoms. The number of halogens is 1. The Balaban J connectivity index is 2.09. The van der Waals surface area contributed by atoms with Crippen molar-refractivity contribution in [3.8, 4) is 0 Å². The first-order chi connectivity index (χ1) is 9.90. The molecule has 5 nitrogen and oxygen atoms in total. The molecule has 0 saturated heterocycles. The molecule has 0 fully saturated rings. The molecule has 21 heavy (non-hydrogen) atoms. The summed E-state index contributed by atoms with van der Waals surface area (Å²) in [6.45, 7) is 0.282. The van der Waals surface area contributed by atoms with Crippen LogP contribution in [0.3, 0.4) is 0 Å². The number of rotatable bonds is 4. The highest BCUT2D eigenvalue weighted by molar-refractivity contribution is 7.21. The second-order valence-electron chi connectivity index (χ2n) is 4.78. The molecule has 0 saturated carbocycles. The van der Waals surface area contributed by atoms with Gasteiger partial charge in [-0.15, -0.1) is 11.3 Å². The van der Waals surface area contributed by atoms with Crippen LogP contribution < -0.4 is 11.1 Å². The van der Waals surface area contributed by atoms with Gasteiger partial charge in [0.1, 0.15) is 4.88 Å². The van der Waals surface area contributed by atoms with Gasteiger partial charge >= 0.3 is 0 Å². The van der Waals surface area contributed by atoms with Crippen LogP contribution in [0.5, 0.6) is 0 Å². The van der Waals surface area contributed by atoms with E-state index in [1.165, 1.54) is 16.2 Å². The van der Waals surface area contributed by atoms with Gasteiger partial charge in [-0.25, -0.2) is 0 Å². The molecule has 2 amide bonds. The van der Waals surface area contributed by atoms with E-state index in [1.807, 2.05) is 0 Å². The van der Waals surface area contributed by atoms with Gasteiger partial charge in [-0.1, -0.05) is 11.6 Å². The van der Waals surface area contributed by atoms with Crippen molar-refractivity contribution in [2.75, 3.05) is 26.4 Å². The molecular weight excluding hydrogens is 310 g/mol. The van der Waals surface area contributed by atoms with Crippen LogP contribution in [0.15, 0.2) is 18.2 Å². The maximum absolute atomic E-state index is 12.1. The highest BCUT2D eigenvalue weighted by atomic mass is 35.5. The molecule has 0 atom stereocenters. The summed E-state index contributed by atoms with van der Waals surface area (Å²) in [6, 6.07) is 5.32. The fourth-order valence-electron chi connectivity index (χ4n) is 1.85. The van der Waals surface area contributed by atoms with Crippen LogP contribution in [0.1, 0.15) is 16.1 Å². The molecule has 3 N–H and O–H groups in total. The summed E-state index contributed by atoms with van der Waals surface area (Å²) in [5.41, 5.74) is 6.45. The summed E-state index contributed by atoms with van der Waals surface area (Å²) in [7, 11) is 3.36. The lowest BCUT2D eigenvalue weighted by Gasteiger charge is -2.10. The minimum absolute atomic E-state index is 0.0357. The highest BCUT2D eigenvalue weighted by Crippen LogP contribution is 2.35. The summed E-state index contributed by atoms with van der Waals surface area (Å²) < 4.78 is 0.870. The Bertz CT molecular complexity index is 697. The summed E-state index contributed by atoms with van der Waals surface area (Å²) in [4.78, 5) is 25.5. The van der Waals surface area contributed by atoms with Gasteiger partial charge in [-0.05, 0) is 18.2 Å². The molecule has 1 heterocycles. The zero-order chi connectivity index (χ0) is 15.6. The molecule has 0 radical (unpaired) electrons. The van der Waals surface area contributed by atoms with E-state index in [1.54, 1.807) is 32.3 Å². The molecule has 0 unspecified atom stereocenters. The lowest BCUT2D eigenvalue weighted by molar-refractivity contribution is -0.128. The topological polar surface area (TPSA) is 75.4 Å². The van der Waals surface area contributed by atoms with Crippen molar-refractivity contribution in [3.63, 3.8) is 0 Å². The molecule has 0 spiro atoms. The van der Waals surface area contributed by atoms with E-state index in [2.05, 4.69) is 5.32 Å². The number of carbonyl (C=O) groups is 2. The number of anilines is 1. The fraction of sp³-hybridized carbons (Fsp3) is 0.286. The van der Waals surface area contributed by atoms with E-state index in [0.29, 0.717) is 15.6 Å². The van der Waals surface area contributed by atoms with Gasteiger partial charge in [0.15, 0.2) is 0 Å². The molecule has 1 aromatic carbocycles. The van der Waals surface area contributed by atoms with Crippen molar-refractivity contribution in [1.82, 2.24) is 10.2 Å². The van der Waals surface area contributed by atoms with E-state index < -0.39 is 0 Å². The minimum Gasteiger partial charge on any atom is -0.397 e. The Morgan fingerprint density at radius 1 is 1.38 bits per heavy atom. The predicted octanol–water partition coefficient (Wildman–Crippen LogP) is 2.34. The van der Waals surface area contributed by atoms with Gasteiger partial charge in [0.25, 0.3) is 5.91 Å². The van der Waals surface area contributed by atoms with E-state index in [4.69, 9.17) is 17.3 Å². The summed E-state index contributed by atoms with van der Waals surface area (Å²) in [5, 5.41) is 4.13. The SMILES string of the molecule is CN(C)C(=O)CCNC(=O)c1sc2cc(Cl)ccc2c1N. The number of fused-ring (bicyclic) bond motifs is 1. The van der Waals surface area contributed by atoms with Crippen molar-refractivity contribution < 1.29 is 9.59 Å². The third kappa shape index (κ3) is 3.46. The van der Waals surface area contributed by atoms with Gasteiger partial charge in [0.05, 0.1) is 5.69 Å². The predicted molar refractivity (Wildman–Crippen MR) is 86.9 cm³/mol. The Hall–Kier alpha value is -1.79.